The maximum absolute atomic E-state index is 3.58. The molecule has 1 atom stereocenters. The van der Waals surface area contributed by atoms with Crippen LogP contribution in [0.1, 0.15) is 39.5 Å². The van der Waals surface area contributed by atoms with Crippen LogP contribution in [0.2, 0.25) is 0 Å². The van der Waals surface area contributed by atoms with Gasteiger partial charge in [0.05, 0.1) is 0 Å². The molecule has 0 aromatic rings. The lowest BCUT2D eigenvalue weighted by molar-refractivity contribution is 0.124. The summed E-state index contributed by atoms with van der Waals surface area (Å²) in [5, 5.41) is 3.58. The summed E-state index contributed by atoms with van der Waals surface area (Å²) in [5.74, 6) is 0. The number of nitrogens with zero attached hydrogens (tertiary/aromatic N) is 1. The molecular formula is C12H24N2. The van der Waals surface area contributed by atoms with Gasteiger partial charge in [-0.05, 0) is 50.7 Å². The zero-order valence-corrected chi connectivity index (χ0v) is 9.68. The first-order valence-electron chi connectivity index (χ1n) is 6.11. The number of rotatable bonds is 2. The van der Waals surface area contributed by atoms with Crippen molar-refractivity contribution in [3.63, 3.8) is 0 Å². The van der Waals surface area contributed by atoms with Crippen LogP contribution in [0.25, 0.3) is 0 Å². The van der Waals surface area contributed by atoms with E-state index in [2.05, 4.69) is 24.1 Å². The van der Waals surface area contributed by atoms with Gasteiger partial charge in [0.2, 0.25) is 0 Å². The molecule has 2 heteroatoms. The SMILES string of the molecule is CC1(C)CCN(C[C@@H]2CCCN2)CC1. The normalized spacial score (nSPS) is 33.4. The van der Waals surface area contributed by atoms with E-state index in [0.717, 1.165) is 6.04 Å². The van der Waals surface area contributed by atoms with E-state index in [-0.39, 0.29) is 0 Å². The van der Waals surface area contributed by atoms with Crippen molar-refractivity contribution in [2.45, 2.75) is 45.6 Å². The topological polar surface area (TPSA) is 15.3 Å². The van der Waals surface area contributed by atoms with E-state index < -0.39 is 0 Å². The van der Waals surface area contributed by atoms with Crippen molar-refractivity contribution in [3.05, 3.63) is 0 Å². The highest BCUT2D eigenvalue weighted by Crippen LogP contribution is 2.29. The fourth-order valence-corrected chi connectivity index (χ4v) is 2.57. The molecule has 0 aliphatic carbocycles. The van der Waals surface area contributed by atoms with E-state index in [1.54, 1.807) is 0 Å². The summed E-state index contributed by atoms with van der Waals surface area (Å²) in [5.41, 5.74) is 0.597. The monoisotopic (exact) mass is 196 g/mol. The Labute approximate surface area is 88.1 Å². The van der Waals surface area contributed by atoms with Gasteiger partial charge in [-0.15, -0.1) is 0 Å². The number of piperidine rings is 1. The fourth-order valence-electron chi connectivity index (χ4n) is 2.57. The third-order valence-electron chi connectivity index (χ3n) is 3.85. The van der Waals surface area contributed by atoms with Crippen LogP contribution in [0, 0.1) is 5.41 Å². The second-order valence-corrected chi connectivity index (χ2v) is 5.76. The molecule has 0 saturated carbocycles. The van der Waals surface area contributed by atoms with E-state index in [0.29, 0.717) is 5.41 Å². The van der Waals surface area contributed by atoms with E-state index >= 15 is 0 Å². The van der Waals surface area contributed by atoms with Gasteiger partial charge in [-0.25, -0.2) is 0 Å². The zero-order valence-electron chi connectivity index (χ0n) is 9.68. The molecule has 14 heavy (non-hydrogen) atoms. The summed E-state index contributed by atoms with van der Waals surface area (Å²) < 4.78 is 0. The molecule has 0 radical (unpaired) electrons. The Bertz CT molecular complexity index is 173. The van der Waals surface area contributed by atoms with Gasteiger partial charge < -0.3 is 10.2 Å². The van der Waals surface area contributed by atoms with Crippen LogP contribution in [0.4, 0.5) is 0 Å². The average molecular weight is 196 g/mol. The molecule has 2 fully saturated rings. The summed E-state index contributed by atoms with van der Waals surface area (Å²) in [6, 6.07) is 0.788. The van der Waals surface area contributed by atoms with Crippen molar-refractivity contribution in [2.24, 2.45) is 5.41 Å². The molecule has 0 spiro atoms. The minimum atomic E-state index is 0.597. The van der Waals surface area contributed by atoms with Gasteiger partial charge in [0.1, 0.15) is 0 Å². The van der Waals surface area contributed by atoms with Gasteiger partial charge >= 0.3 is 0 Å². The lowest BCUT2D eigenvalue weighted by Crippen LogP contribution is -2.43. The molecule has 0 bridgehead atoms. The van der Waals surface area contributed by atoms with Gasteiger partial charge in [0, 0.05) is 12.6 Å². The minimum Gasteiger partial charge on any atom is -0.313 e. The van der Waals surface area contributed by atoms with E-state index in [9.17, 15) is 0 Å². The van der Waals surface area contributed by atoms with Crippen LogP contribution in [0.5, 0.6) is 0 Å². The second-order valence-electron chi connectivity index (χ2n) is 5.76. The largest absolute Gasteiger partial charge is 0.313 e. The summed E-state index contributed by atoms with van der Waals surface area (Å²) >= 11 is 0. The average Bonchev–Trinajstić information content (AvgIpc) is 2.61. The number of likely N-dealkylation sites (tertiary alicyclic amines) is 1. The van der Waals surface area contributed by atoms with Gasteiger partial charge in [-0.2, -0.15) is 0 Å². The third-order valence-corrected chi connectivity index (χ3v) is 3.85. The van der Waals surface area contributed by atoms with Crippen molar-refractivity contribution in [1.29, 1.82) is 0 Å². The van der Waals surface area contributed by atoms with Crippen molar-refractivity contribution in [1.82, 2.24) is 10.2 Å². The van der Waals surface area contributed by atoms with Crippen LogP contribution < -0.4 is 5.32 Å². The van der Waals surface area contributed by atoms with E-state index in [1.165, 1.54) is 51.9 Å². The zero-order chi connectivity index (χ0) is 10.0. The molecule has 2 aliphatic heterocycles. The van der Waals surface area contributed by atoms with E-state index in [1.807, 2.05) is 0 Å². The van der Waals surface area contributed by atoms with Crippen LogP contribution in [-0.2, 0) is 0 Å². The van der Waals surface area contributed by atoms with Crippen LogP contribution in [-0.4, -0.2) is 37.1 Å². The van der Waals surface area contributed by atoms with Crippen molar-refractivity contribution >= 4 is 0 Å². The highest BCUT2D eigenvalue weighted by Gasteiger charge is 2.27. The molecule has 2 rings (SSSR count). The van der Waals surface area contributed by atoms with Crippen molar-refractivity contribution < 1.29 is 0 Å². The Morgan fingerprint density at radius 2 is 2.00 bits per heavy atom. The Kier molecular flexibility index (Phi) is 3.13. The summed E-state index contributed by atoms with van der Waals surface area (Å²) in [4.78, 5) is 2.65. The molecular weight excluding hydrogens is 172 g/mol. The Morgan fingerprint density at radius 3 is 2.57 bits per heavy atom. The summed E-state index contributed by atoms with van der Waals surface area (Å²) in [6.07, 6.45) is 5.52. The maximum Gasteiger partial charge on any atom is 0.0195 e. The highest BCUT2D eigenvalue weighted by molar-refractivity contribution is 4.83. The lowest BCUT2D eigenvalue weighted by Gasteiger charge is -2.37. The Morgan fingerprint density at radius 1 is 1.29 bits per heavy atom. The first kappa shape index (κ1) is 10.4. The molecule has 2 heterocycles. The molecule has 0 amide bonds. The van der Waals surface area contributed by atoms with Gasteiger partial charge in [0.25, 0.3) is 0 Å². The lowest BCUT2D eigenvalue weighted by atomic mass is 9.82. The van der Waals surface area contributed by atoms with Crippen LogP contribution in [0.15, 0.2) is 0 Å². The number of nitrogens with one attached hydrogen (secondary N) is 1. The van der Waals surface area contributed by atoms with Crippen molar-refractivity contribution in [2.75, 3.05) is 26.2 Å². The number of hydrogen-bond acceptors (Lipinski definition) is 2. The fraction of sp³-hybridized carbons (Fsp3) is 1.00. The van der Waals surface area contributed by atoms with Gasteiger partial charge in [-0.1, -0.05) is 13.8 Å². The van der Waals surface area contributed by atoms with Gasteiger partial charge in [-0.3, -0.25) is 0 Å². The maximum atomic E-state index is 3.58. The molecule has 82 valence electrons. The Hall–Kier alpha value is -0.0800. The molecule has 2 saturated heterocycles. The smallest absolute Gasteiger partial charge is 0.0195 e. The van der Waals surface area contributed by atoms with Gasteiger partial charge in [0.15, 0.2) is 0 Å². The standard InChI is InChI=1S/C12H24N2/c1-12(2)5-8-14(9-6-12)10-11-4-3-7-13-11/h11,13H,3-10H2,1-2H3/t11-/m0/s1. The molecule has 2 nitrogen and oxygen atoms in total. The van der Waals surface area contributed by atoms with E-state index in [4.69, 9.17) is 0 Å². The molecule has 1 N–H and O–H groups in total. The molecule has 0 aromatic carbocycles. The van der Waals surface area contributed by atoms with Crippen molar-refractivity contribution in [3.8, 4) is 0 Å². The first-order valence-corrected chi connectivity index (χ1v) is 6.11. The number of hydrogen-bond donors (Lipinski definition) is 1. The third kappa shape index (κ3) is 2.71. The molecule has 0 unspecified atom stereocenters. The molecule has 2 aliphatic rings. The summed E-state index contributed by atoms with van der Waals surface area (Å²) in [6.45, 7) is 9.95. The highest BCUT2D eigenvalue weighted by atomic mass is 15.2. The quantitative estimate of drug-likeness (QED) is 0.725. The predicted octanol–water partition coefficient (Wildman–Crippen LogP) is 1.86. The predicted molar refractivity (Wildman–Crippen MR) is 60.5 cm³/mol. The minimum absolute atomic E-state index is 0.597. The molecule has 0 aromatic heterocycles. The first-order chi connectivity index (χ1) is 6.66. The van der Waals surface area contributed by atoms with Crippen LogP contribution in [0.3, 0.4) is 0 Å². The van der Waals surface area contributed by atoms with Crippen LogP contribution >= 0.6 is 0 Å². The second kappa shape index (κ2) is 4.19. The summed E-state index contributed by atoms with van der Waals surface area (Å²) in [7, 11) is 0. The Balaban J connectivity index is 1.72.